The summed E-state index contributed by atoms with van der Waals surface area (Å²) in [5.74, 6) is -0.427. The molecule has 1 atom stereocenters. The molecule has 0 spiro atoms. The summed E-state index contributed by atoms with van der Waals surface area (Å²) in [5, 5.41) is 3.40. The lowest BCUT2D eigenvalue weighted by atomic mass is 10.0. The average Bonchev–Trinajstić information content (AvgIpc) is 2.54. The third-order valence-electron chi connectivity index (χ3n) is 3.45. The van der Waals surface area contributed by atoms with E-state index in [0.29, 0.717) is 11.3 Å². The first-order valence-electron chi connectivity index (χ1n) is 6.95. The van der Waals surface area contributed by atoms with Gasteiger partial charge in [0.25, 0.3) is 0 Å². The first-order chi connectivity index (χ1) is 10.2. The summed E-state index contributed by atoms with van der Waals surface area (Å²) in [6, 6.07) is 15.6. The number of ether oxygens (including phenoxy) is 1. The Labute approximate surface area is 124 Å². The highest BCUT2D eigenvalue weighted by molar-refractivity contribution is 5.98. The molecule has 4 nitrogen and oxygen atoms in total. The number of nitrogen functional groups attached to an aromatic ring is 1. The molecule has 0 amide bonds. The van der Waals surface area contributed by atoms with E-state index in [1.807, 2.05) is 24.3 Å². The molecule has 0 bridgehead atoms. The van der Waals surface area contributed by atoms with Gasteiger partial charge in [-0.25, -0.2) is 4.79 Å². The predicted octanol–water partition coefficient (Wildman–Crippen LogP) is 3.62. The molecule has 2 aromatic rings. The van der Waals surface area contributed by atoms with Crippen molar-refractivity contribution in [3.63, 3.8) is 0 Å². The van der Waals surface area contributed by atoms with Crippen molar-refractivity contribution in [1.29, 1.82) is 0 Å². The van der Waals surface area contributed by atoms with Crippen molar-refractivity contribution in [3.8, 4) is 0 Å². The molecule has 0 aliphatic heterocycles. The normalized spacial score (nSPS) is 11.7. The van der Waals surface area contributed by atoms with Crippen molar-refractivity contribution in [2.75, 3.05) is 18.2 Å². The molecule has 0 saturated heterocycles. The Kier molecular flexibility index (Phi) is 4.82. The second-order valence-corrected chi connectivity index (χ2v) is 4.77. The molecule has 4 heteroatoms. The molecule has 0 aromatic heterocycles. The van der Waals surface area contributed by atoms with Crippen molar-refractivity contribution in [2.45, 2.75) is 19.4 Å². The fraction of sp³-hybridized carbons (Fsp3) is 0.235. The SMILES string of the molecule is CCC(Nc1cccc(C(=O)OC)c1N)c1ccccc1. The molecule has 0 fully saturated rings. The van der Waals surface area contributed by atoms with Gasteiger partial charge >= 0.3 is 5.97 Å². The molecule has 0 aliphatic carbocycles. The van der Waals surface area contributed by atoms with Crippen LogP contribution in [0.3, 0.4) is 0 Å². The summed E-state index contributed by atoms with van der Waals surface area (Å²) >= 11 is 0. The molecule has 0 saturated carbocycles. The largest absolute Gasteiger partial charge is 0.465 e. The number of benzene rings is 2. The second kappa shape index (κ2) is 6.79. The van der Waals surface area contributed by atoms with Crippen LogP contribution in [0.2, 0.25) is 0 Å². The molecule has 1 unspecified atom stereocenters. The van der Waals surface area contributed by atoms with Crippen LogP contribution in [0.15, 0.2) is 48.5 Å². The van der Waals surface area contributed by atoms with Gasteiger partial charge in [0.15, 0.2) is 0 Å². The van der Waals surface area contributed by atoms with E-state index in [1.165, 1.54) is 12.7 Å². The van der Waals surface area contributed by atoms with Crippen LogP contribution in [0.1, 0.15) is 35.3 Å². The maximum absolute atomic E-state index is 11.7. The smallest absolute Gasteiger partial charge is 0.340 e. The van der Waals surface area contributed by atoms with Crippen LogP contribution >= 0.6 is 0 Å². The summed E-state index contributed by atoms with van der Waals surface area (Å²) < 4.78 is 4.74. The van der Waals surface area contributed by atoms with Crippen LogP contribution < -0.4 is 11.1 Å². The zero-order valence-corrected chi connectivity index (χ0v) is 12.3. The minimum atomic E-state index is -0.427. The zero-order valence-electron chi connectivity index (χ0n) is 12.3. The van der Waals surface area contributed by atoms with Crippen LogP contribution in [-0.4, -0.2) is 13.1 Å². The standard InChI is InChI=1S/C17H20N2O2/c1-3-14(12-8-5-4-6-9-12)19-15-11-7-10-13(16(15)18)17(20)21-2/h4-11,14,19H,3,18H2,1-2H3. The summed E-state index contributed by atoms with van der Waals surface area (Å²) in [6.07, 6.45) is 0.909. The number of hydrogen-bond donors (Lipinski definition) is 2. The molecule has 2 rings (SSSR count). The Balaban J connectivity index is 2.28. The molecule has 0 radical (unpaired) electrons. The summed E-state index contributed by atoms with van der Waals surface area (Å²) in [7, 11) is 1.35. The Morgan fingerprint density at radius 3 is 2.52 bits per heavy atom. The van der Waals surface area contributed by atoms with E-state index in [1.54, 1.807) is 12.1 Å². The number of hydrogen-bond acceptors (Lipinski definition) is 4. The van der Waals surface area contributed by atoms with Crippen molar-refractivity contribution in [1.82, 2.24) is 0 Å². The van der Waals surface area contributed by atoms with E-state index in [2.05, 4.69) is 24.4 Å². The van der Waals surface area contributed by atoms with E-state index in [4.69, 9.17) is 10.5 Å². The minimum absolute atomic E-state index is 0.140. The Morgan fingerprint density at radius 1 is 1.19 bits per heavy atom. The van der Waals surface area contributed by atoms with Gasteiger partial charge in [-0.05, 0) is 24.1 Å². The molecule has 21 heavy (non-hydrogen) atoms. The van der Waals surface area contributed by atoms with E-state index < -0.39 is 5.97 Å². The highest BCUT2D eigenvalue weighted by atomic mass is 16.5. The fourth-order valence-electron chi connectivity index (χ4n) is 2.27. The highest BCUT2D eigenvalue weighted by Crippen LogP contribution is 2.29. The van der Waals surface area contributed by atoms with Crippen LogP contribution in [0.4, 0.5) is 11.4 Å². The number of para-hydroxylation sites is 1. The van der Waals surface area contributed by atoms with Crippen LogP contribution in [0.25, 0.3) is 0 Å². The van der Waals surface area contributed by atoms with E-state index in [9.17, 15) is 4.79 Å². The number of anilines is 2. The summed E-state index contributed by atoms with van der Waals surface area (Å²) in [4.78, 5) is 11.7. The number of methoxy groups -OCH3 is 1. The van der Waals surface area contributed by atoms with E-state index in [-0.39, 0.29) is 6.04 Å². The van der Waals surface area contributed by atoms with Crippen molar-refractivity contribution < 1.29 is 9.53 Å². The number of esters is 1. The van der Waals surface area contributed by atoms with Crippen molar-refractivity contribution in [2.24, 2.45) is 0 Å². The lowest BCUT2D eigenvalue weighted by Gasteiger charge is -2.20. The number of nitrogens with two attached hydrogens (primary N) is 1. The first-order valence-corrected chi connectivity index (χ1v) is 6.95. The molecule has 0 heterocycles. The molecule has 110 valence electrons. The van der Waals surface area contributed by atoms with Gasteiger partial charge in [-0.15, -0.1) is 0 Å². The highest BCUT2D eigenvalue weighted by Gasteiger charge is 2.15. The van der Waals surface area contributed by atoms with Gasteiger partial charge < -0.3 is 15.8 Å². The minimum Gasteiger partial charge on any atom is -0.465 e. The van der Waals surface area contributed by atoms with Gasteiger partial charge in [0.05, 0.1) is 30.1 Å². The van der Waals surface area contributed by atoms with Crippen LogP contribution in [0, 0.1) is 0 Å². The lowest BCUT2D eigenvalue weighted by Crippen LogP contribution is -2.13. The monoisotopic (exact) mass is 284 g/mol. The number of nitrogens with one attached hydrogen (secondary N) is 1. The van der Waals surface area contributed by atoms with Gasteiger partial charge in [-0.1, -0.05) is 43.3 Å². The predicted molar refractivity (Wildman–Crippen MR) is 85.3 cm³/mol. The molecule has 3 N–H and O–H groups in total. The lowest BCUT2D eigenvalue weighted by molar-refractivity contribution is 0.0602. The second-order valence-electron chi connectivity index (χ2n) is 4.77. The zero-order chi connectivity index (χ0) is 15.2. The van der Waals surface area contributed by atoms with Gasteiger partial charge in [-0.2, -0.15) is 0 Å². The maximum atomic E-state index is 11.7. The molecule has 0 aliphatic rings. The Hall–Kier alpha value is -2.49. The van der Waals surface area contributed by atoms with Gasteiger partial charge in [0, 0.05) is 0 Å². The summed E-state index contributed by atoms with van der Waals surface area (Å²) in [5.41, 5.74) is 8.80. The number of carbonyl (C=O) groups excluding carboxylic acids is 1. The Morgan fingerprint density at radius 2 is 1.90 bits per heavy atom. The molecular weight excluding hydrogens is 264 g/mol. The van der Waals surface area contributed by atoms with Crippen LogP contribution in [0.5, 0.6) is 0 Å². The number of rotatable bonds is 5. The maximum Gasteiger partial charge on any atom is 0.340 e. The van der Waals surface area contributed by atoms with Gasteiger partial charge in [-0.3, -0.25) is 0 Å². The molecule has 2 aromatic carbocycles. The average molecular weight is 284 g/mol. The molecular formula is C17H20N2O2. The van der Waals surface area contributed by atoms with Crippen molar-refractivity contribution >= 4 is 17.3 Å². The summed E-state index contributed by atoms with van der Waals surface area (Å²) in [6.45, 7) is 2.10. The van der Waals surface area contributed by atoms with Gasteiger partial charge in [0.2, 0.25) is 0 Å². The third-order valence-corrected chi connectivity index (χ3v) is 3.45. The van der Waals surface area contributed by atoms with Gasteiger partial charge in [0.1, 0.15) is 0 Å². The third kappa shape index (κ3) is 3.34. The van der Waals surface area contributed by atoms with E-state index >= 15 is 0 Å². The topological polar surface area (TPSA) is 64.3 Å². The van der Waals surface area contributed by atoms with Crippen molar-refractivity contribution in [3.05, 3.63) is 59.7 Å². The quantitative estimate of drug-likeness (QED) is 0.650. The van der Waals surface area contributed by atoms with Crippen LogP contribution in [-0.2, 0) is 4.74 Å². The Bertz CT molecular complexity index is 611. The fourth-order valence-corrected chi connectivity index (χ4v) is 2.27. The first kappa shape index (κ1) is 14.9. The van der Waals surface area contributed by atoms with E-state index in [0.717, 1.165) is 12.1 Å². The number of carbonyl (C=O) groups is 1.